The highest BCUT2D eigenvalue weighted by Crippen LogP contribution is 2.20. The molecular weight excluding hydrogens is 338 g/mol. The molecule has 1 aromatic heterocycles. The van der Waals surface area contributed by atoms with Gasteiger partial charge in [0.05, 0.1) is 24.6 Å². The number of carbonyl (C=O) groups excluding carboxylic acids is 3. The van der Waals surface area contributed by atoms with Crippen LogP contribution in [0, 0.1) is 12.8 Å². The van der Waals surface area contributed by atoms with E-state index in [-0.39, 0.29) is 18.2 Å². The first-order valence-corrected chi connectivity index (χ1v) is 8.25. The Balaban J connectivity index is 1.59. The molecule has 0 saturated heterocycles. The molecule has 0 aliphatic carbocycles. The zero-order chi connectivity index (χ0) is 18.7. The summed E-state index contributed by atoms with van der Waals surface area (Å²) in [4.78, 5) is 40.1. The van der Waals surface area contributed by atoms with E-state index in [0.29, 0.717) is 36.2 Å². The Bertz CT molecular complexity index is 843. The molecule has 2 N–H and O–H groups in total. The van der Waals surface area contributed by atoms with Gasteiger partial charge in [-0.3, -0.25) is 14.9 Å². The number of ether oxygens (including phenoxy) is 1. The van der Waals surface area contributed by atoms with E-state index < -0.39 is 11.9 Å². The first kappa shape index (κ1) is 17.6. The third-order valence-corrected chi connectivity index (χ3v) is 3.89. The van der Waals surface area contributed by atoms with E-state index in [9.17, 15) is 14.4 Å². The number of carbonyl (C=O) groups is 3. The highest BCUT2D eigenvalue weighted by molar-refractivity contribution is 5.98. The SMILES string of the molecule is CCOC(=O)c1ccc(NC(=O)C[C@@H]2Cn3nc(C)nc3NC2=O)cc1. The van der Waals surface area contributed by atoms with Gasteiger partial charge in [-0.25, -0.2) is 9.48 Å². The Hall–Kier alpha value is -3.23. The number of esters is 1. The van der Waals surface area contributed by atoms with Gasteiger partial charge in [-0.15, -0.1) is 0 Å². The minimum Gasteiger partial charge on any atom is -0.462 e. The van der Waals surface area contributed by atoms with Crippen LogP contribution in [0.1, 0.15) is 29.5 Å². The summed E-state index contributed by atoms with van der Waals surface area (Å²) >= 11 is 0. The number of fused-ring (bicyclic) bond motifs is 1. The molecule has 3 rings (SSSR count). The highest BCUT2D eigenvalue weighted by Gasteiger charge is 2.29. The highest BCUT2D eigenvalue weighted by atomic mass is 16.5. The van der Waals surface area contributed by atoms with Gasteiger partial charge in [0, 0.05) is 12.1 Å². The molecule has 0 radical (unpaired) electrons. The second-order valence-electron chi connectivity index (χ2n) is 5.90. The lowest BCUT2D eigenvalue weighted by Crippen LogP contribution is -2.36. The average Bonchev–Trinajstić information content (AvgIpc) is 2.95. The number of benzene rings is 1. The Labute approximate surface area is 149 Å². The van der Waals surface area contributed by atoms with Crippen LogP contribution in [-0.4, -0.2) is 39.2 Å². The molecule has 2 aromatic rings. The number of nitrogens with zero attached hydrogens (tertiary/aromatic N) is 3. The molecule has 9 heteroatoms. The van der Waals surface area contributed by atoms with Crippen molar-refractivity contribution >= 4 is 29.4 Å². The Morgan fingerprint density at radius 2 is 2.08 bits per heavy atom. The van der Waals surface area contributed by atoms with Crippen molar-refractivity contribution in [3.8, 4) is 0 Å². The van der Waals surface area contributed by atoms with E-state index in [4.69, 9.17) is 4.74 Å². The number of rotatable bonds is 5. The number of hydrogen-bond acceptors (Lipinski definition) is 6. The van der Waals surface area contributed by atoms with E-state index in [2.05, 4.69) is 20.7 Å². The van der Waals surface area contributed by atoms with E-state index in [0.717, 1.165) is 0 Å². The van der Waals surface area contributed by atoms with Crippen LogP contribution in [0.2, 0.25) is 0 Å². The van der Waals surface area contributed by atoms with E-state index in [1.165, 1.54) is 0 Å². The quantitative estimate of drug-likeness (QED) is 0.781. The van der Waals surface area contributed by atoms with Gasteiger partial charge in [-0.05, 0) is 38.1 Å². The standard InChI is InChI=1S/C17H19N5O4/c1-3-26-16(25)11-4-6-13(7-5-11)19-14(23)8-12-9-22-17(20-15(12)24)18-10(2)21-22/h4-7,12H,3,8-9H2,1-2H3,(H,19,23)(H,18,20,21,24)/t12-/m1/s1. The summed E-state index contributed by atoms with van der Waals surface area (Å²) in [5, 5.41) is 9.56. The molecule has 0 saturated carbocycles. The van der Waals surface area contributed by atoms with Crippen LogP contribution in [0.25, 0.3) is 0 Å². The van der Waals surface area contributed by atoms with Crippen molar-refractivity contribution in [1.29, 1.82) is 0 Å². The molecule has 136 valence electrons. The van der Waals surface area contributed by atoms with Gasteiger partial charge in [0.2, 0.25) is 17.8 Å². The molecule has 0 fully saturated rings. The number of amides is 2. The molecular formula is C17H19N5O4. The smallest absolute Gasteiger partial charge is 0.338 e. The van der Waals surface area contributed by atoms with Crippen LogP contribution in [0.4, 0.5) is 11.6 Å². The molecule has 2 heterocycles. The predicted octanol–water partition coefficient (Wildman–Crippen LogP) is 1.36. The molecule has 1 aliphatic heterocycles. The summed E-state index contributed by atoms with van der Waals surface area (Å²) in [5.41, 5.74) is 0.946. The average molecular weight is 357 g/mol. The lowest BCUT2D eigenvalue weighted by Gasteiger charge is -2.21. The minimum atomic E-state index is -0.526. The maximum atomic E-state index is 12.2. The van der Waals surface area contributed by atoms with Crippen molar-refractivity contribution in [3.63, 3.8) is 0 Å². The van der Waals surface area contributed by atoms with Gasteiger partial charge in [0.1, 0.15) is 5.82 Å². The van der Waals surface area contributed by atoms with Crippen molar-refractivity contribution in [2.75, 3.05) is 17.2 Å². The van der Waals surface area contributed by atoms with E-state index in [1.807, 2.05) is 0 Å². The summed E-state index contributed by atoms with van der Waals surface area (Å²) in [6.45, 7) is 4.07. The fourth-order valence-corrected chi connectivity index (χ4v) is 2.68. The third kappa shape index (κ3) is 3.88. The number of anilines is 2. The van der Waals surface area contributed by atoms with Crippen LogP contribution in [0.5, 0.6) is 0 Å². The monoisotopic (exact) mass is 357 g/mol. The van der Waals surface area contributed by atoms with Crippen molar-refractivity contribution < 1.29 is 19.1 Å². The largest absolute Gasteiger partial charge is 0.462 e. The number of nitrogens with one attached hydrogen (secondary N) is 2. The second kappa shape index (κ2) is 7.34. The Morgan fingerprint density at radius 1 is 1.35 bits per heavy atom. The first-order chi connectivity index (χ1) is 12.5. The Morgan fingerprint density at radius 3 is 2.77 bits per heavy atom. The van der Waals surface area contributed by atoms with Crippen molar-refractivity contribution in [2.45, 2.75) is 26.8 Å². The number of hydrogen-bond donors (Lipinski definition) is 2. The van der Waals surface area contributed by atoms with Crippen LogP contribution in [0.3, 0.4) is 0 Å². The fourth-order valence-electron chi connectivity index (χ4n) is 2.68. The van der Waals surface area contributed by atoms with Gasteiger partial charge in [-0.2, -0.15) is 10.1 Å². The first-order valence-electron chi connectivity index (χ1n) is 8.25. The van der Waals surface area contributed by atoms with E-state index >= 15 is 0 Å². The summed E-state index contributed by atoms with van der Waals surface area (Å²) < 4.78 is 6.49. The van der Waals surface area contributed by atoms with Crippen molar-refractivity contribution in [1.82, 2.24) is 14.8 Å². The van der Waals surface area contributed by atoms with Crippen LogP contribution in [-0.2, 0) is 20.9 Å². The molecule has 1 atom stereocenters. The van der Waals surface area contributed by atoms with Crippen LogP contribution >= 0.6 is 0 Å². The molecule has 2 amide bonds. The molecule has 0 bridgehead atoms. The summed E-state index contributed by atoms with van der Waals surface area (Å²) in [7, 11) is 0. The van der Waals surface area contributed by atoms with Gasteiger partial charge in [0.15, 0.2) is 0 Å². The number of aromatic nitrogens is 3. The van der Waals surface area contributed by atoms with Gasteiger partial charge >= 0.3 is 5.97 Å². The number of aryl methyl sites for hydroxylation is 1. The summed E-state index contributed by atoms with van der Waals surface area (Å²) in [5.74, 6) is -0.525. The summed E-state index contributed by atoms with van der Waals surface area (Å²) in [6.07, 6.45) is 0.0177. The maximum absolute atomic E-state index is 12.2. The fraction of sp³-hybridized carbons (Fsp3) is 0.353. The predicted molar refractivity (Wildman–Crippen MR) is 92.5 cm³/mol. The van der Waals surface area contributed by atoms with Crippen LogP contribution < -0.4 is 10.6 Å². The van der Waals surface area contributed by atoms with Crippen molar-refractivity contribution in [2.24, 2.45) is 5.92 Å². The maximum Gasteiger partial charge on any atom is 0.338 e. The zero-order valence-corrected chi connectivity index (χ0v) is 14.5. The lowest BCUT2D eigenvalue weighted by molar-refractivity contribution is -0.125. The van der Waals surface area contributed by atoms with Gasteiger partial charge in [0.25, 0.3) is 0 Å². The topological polar surface area (TPSA) is 115 Å². The third-order valence-electron chi connectivity index (χ3n) is 3.89. The zero-order valence-electron chi connectivity index (χ0n) is 14.5. The molecule has 1 aromatic carbocycles. The molecule has 0 spiro atoms. The molecule has 0 unspecified atom stereocenters. The summed E-state index contributed by atoms with van der Waals surface area (Å²) in [6, 6.07) is 6.38. The van der Waals surface area contributed by atoms with Gasteiger partial charge in [-0.1, -0.05) is 0 Å². The molecule has 9 nitrogen and oxygen atoms in total. The molecule has 1 aliphatic rings. The lowest BCUT2D eigenvalue weighted by atomic mass is 10.0. The normalized spacial score (nSPS) is 15.8. The van der Waals surface area contributed by atoms with Gasteiger partial charge < -0.3 is 10.1 Å². The van der Waals surface area contributed by atoms with E-state index in [1.54, 1.807) is 42.8 Å². The molecule has 26 heavy (non-hydrogen) atoms. The van der Waals surface area contributed by atoms with Crippen LogP contribution in [0.15, 0.2) is 24.3 Å². The minimum absolute atomic E-state index is 0.0177. The Kier molecular flexibility index (Phi) is 4.97. The second-order valence-corrected chi connectivity index (χ2v) is 5.90. The van der Waals surface area contributed by atoms with Crippen molar-refractivity contribution in [3.05, 3.63) is 35.7 Å².